The first-order valence-corrected chi connectivity index (χ1v) is 16.9. The Hall–Kier alpha value is -4.46. The standard InChI is InChI=1S/C33H32BrClN4O7S/c1-22-9-15-27(19-28(22)39(42)43)47(44,45)38(29-18-26(35)14-16-31(29)46-3)21-32(40)37(20-24-10-12-25(34)13-11-24)30(33(41)36-2)17-23-7-5-4-6-8-23/h4-16,18-19,30H,17,20-21H2,1-3H3,(H,36,41). The average molecular weight is 744 g/mol. The minimum Gasteiger partial charge on any atom is -0.495 e. The summed E-state index contributed by atoms with van der Waals surface area (Å²) >= 11 is 9.71. The molecule has 1 N–H and O–H groups in total. The fourth-order valence-corrected chi connectivity index (χ4v) is 6.82. The molecule has 0 radical (unpaired) electrons. The van der Waals surface area contributed by atoms with Gasteiger partial charge in [-0.25, -0.2) is 8.42 Å². The molecule has 0 aliphatic carbocycles. The van der Waals surface area contributed by atoms with Crippen molar-refractivity contribution in [3.8, 4) is 5.75 Å². The number of aryl methyl sites for hydroxylation is 1. The molecule has 4 aromatic carbocycles. The topological polar surface area (TPSA) is 139 Å². The molecule has 11 nitrogen and oxygen atoms in total. The Morgan fingerprint density at radius 2 is 1.68 bits per heavy atom. The van der Waals surface area contributed by atoms with Gasteiger partial charge in [-0.2, -0.15) is 0 Å². The number of likely N-dealkylation sites (N-methyl/N-ethyl adjacent to an activating group) is 1. The van der Waals surface area contributed by atoms with Crippen LogP contribution in [0.5, 0.6) is 5.75 Å². The molecule has 0 bridgehead atoms. The molecule has 0 aliphatic rings. The number of carbonyl (C=O) groups is 2. The summed E-state index contributed by atoms with van der Waals surface area (Å²) in [6.07, 6.45) is 0.139. The van der Waals surface area contributed by atoms with E-state index < -0.39 is 49.9 Å². The maximum absolute atomic E-state index is 14.5. The molecule has 2 amide bonds. The molecular weight excluding hydrogens is 712 g/mol. The number of ether oxygens (including phenoxy) is 1. The number of carbonyl (C=O) groups excluding carboxylic acids is 2. The third-order valence-corrected chi connectivity index (χ3v) is 9.96. The highest BCUT2D eigenvalue weighted by Gasteiger charge is 2.36. The summed E-state index contributed by atoms with van der Waals surface area (Å²) in [5.41, 5.74) is 1.25. The van der Waals surface area contributed by atoms with Crippen LogP contribution < -0.4 is 14.4 Å². The van der Waals surface area contributed by atoms with Gasteiger partial charge in [0.1, 0.15) is 18.3 Å². The number of nitrogens with one attached hydrogen (secondary N) is 1. The fourth-order valence-electron chi connectivity index (χ4n) is 4.95. The Kier molecular flexibility index (Phi) is 11.6. The van der Waals surface area contributed by atoms with Gasteiger partial charge in [0, 0.05) is 41.1 Å². The van der Waals surface area contributed by atoms with Gasteiger partial charge < -0.3 is 15.0 Å². The highest BCUT2D eigenvalue weighted by molar-refractivity contribution is 9.10. The normalized spacial score (nSPS) is 11.8. The predicted molar refractivity (Wildman–Crippen MR) is 183 cm³/mol. The van der Waals surface area contributed by atoms with Crippen LogP contribution in [0.15, 0.2) is 100 Å². The van der Waals surface area contributed by atoms with Crippen LogP contribution in [-0.4, -0.2) is 56.8 Å². The Morgan fingerprint density at radius 3 is 2.30 bits per heavy atom. The molecule has 246 valence electrons. The minimum absolute atomic E-state index is 0.0341. The summed E-state index contributed by atoms with van der Waals surface area (Å²) in [7, 11) is -1.87. The number of anilines is 1. The van der Waals surface area contributed by atoms with Crippen molar-refractivity contribution >= 4 is 60.7 Å². The van der Waals surface area contributed by atoms with Crippen molar-refractivity contribution in [2.24, 2.45) is 0 Å². The quantitative estimate of drug-likeness (QED) is 0.133. The third kappa shape index (κ3) is 8.47. The number of benzene rings is 4. The molecule has 0 aliphatic heterocycles. The highest BCUT2D eigenvalue weighted by atomic mass is 79.9. The Balaban J connectivity index is 1.87. The number of sulfonamides is 1. The molecule has 0 heterocycles. The Labute approximate surface area is 286 Å². The van der Waals surface area contributed by atoms with Crippen LogP contribution in [0.1, 0.15) is 16.7 Å². The average Bonchev–Trinajstić information content (AvgIpc) is 3.05. The second-order valence-electron chi connectivity index (χ2n) is 10.5. The number of amides is 2. The highest BCUT2D eigenvalue weighted by Crippen LogP contribution is 2.36. The van der Waals surface area contributed by atoms with E-state index in [0.717, 1.165) is 20.4 Å². The first-order chi connectivity index (χ1) is 22.3. The molecule has 4 rings (SSSR count). The number of methoxy groups -OCH3 is 1. The number of nitrogens with zero attached hydrogens (tertiary/aromatic N) is 3. The van der Waals surface area contributed by atoms with Crippen molar-refractivity contribution < 1.29 is 27.7 Å². The summed E-state index contributed by atoms with van der Waals surface area (Å²) in [6.45, 7) is 0.661. The molecule has 0 spiro atoms. The van der Waals surface area contributed by atoms with E-state index in [1.165, 1.54) is 56.3 Å². The number of nitro benzene ring substituents is 1. The minimum atomic E-state index is -4.66. The van der Waals surface area contributed by atoms with Gasteiger partial charge in [-0.15, -0.1) is 0 Å². The molecule has 0 saturated heterocycles. The first-order valence-electron chi connectivity index (χ1n) is 14.3. The number of halogens is 2. The second kappa shape index (κ2) is 15.4. The lowest BCUT2D eigenvalue weighted by Gasteiger charge is -2.34. The molecule has 4 aromatic rings. The van der Waals surface area contributed by atoms with Gasteiger partial charge in [0.2, 0.25) is 11.8 Å². The van der Waals surface area contributed by atoms with E-state index in [4.69, 9.17) is 16.3 Å². The second-order valence-corrected chi connectivity index (χ2v) is 13.7. The zero-order valence-electron chi connectivity index (χ0n) is 25.7. The summed E-state index contributed by atoms with van der Waals surface area (Å²) in [5.74, 6) is -1.09. The molecule has 0 aromatic heterocycles. The van der Waals surface area contributed by atoms with E-state index in [9.17, 15) is 28.1 Å². The lowest BCUT2D eigenvalue weighted by molar-refractivity contribution is -0.385. The Bertz CT molecular complexity index is 1880. The van der Waals surface area contributed by atoms with Crippen molar-refractivity contribution in [2.75, 3.05) is 25.0 Å². The van der Waals surface area contributed by atoms with Gasteiger partial charge in [0.25, 0.3) is 15.7 Å². The SMILES string of the molecule is CNC(=O)C(Cc1ccccc1)N(Cc1ccc(Br)cc1)C(=O)CN(c1cc(Cl)ccc1OC)S(=O)(=O)c1ccc(C)c([N+](=O)[O-])c1. The molecule has 14 heteroatoms. The van der Waals surface area contributed by atoms with Crippen molar-refractivity contribution in [3.05, 3.63) is 127 Å². The smallest absolute Gasteiger partial charge is 0.273 e. The van der Waals surface area contributed by atoms with E-state index in [0.29, 0.717) is 5.56 Å². The van der Waals surface area contributed by atoms with E-state index in [-0.39, 0.29) is 35.0 Å². The van der Waals surface area contributed by atoms with Crippen LogP contribution in [0.3, 0.4) is 0 Å². The predicted octanol–water partition coefficient (Wildman–Crippen LogP) is 5.91. The summed E-state index contributed by atoms with van der Waals surface area (Å²) in [4.78, 5) is 39.9. The van der Waals surface area contributed by atoms with Crippen molar-refractivity contribution in [3.63, 3.8) is 0 Å². The number of hydrogen-bond acceptors (Lipinski definition) is 7. The summed E-state index contributed by atoms with van der Waals surface area (Å²) in [5, 5.41) is 14.5. The first kappa shape index (κ1) is 35.4. The van der Waals surface area contributed by atoms with Crippen molar-refractivity contribution in [1.29, 1.82) is 0 Å². The molecule has 0 saturated carbocycles. The number of hydrogen-bond donors (Lipinski definition) is 1. The lowest BCUT2D eigenvalue weighted by atomic mass is 10.0. The monoisotopic (exact) mass is 742 g/mol. The molecule has 47 heavy (non-hydrogen) atoms. The third-order valence-electron chi connectivity index (χ3n) is 7.44. The van der Waals surface area contributed by atoms with Crippen LogP contribution in [0, 0.1) is 17.0 Å². The largest absolute Gasteiger partial charge is 0.495 e. The fraction of sp³-hybridized carbons (Fsp3) is 0.212. The molecular formula is C33H32BrClN4O7S. The zero-order chi connectivity index (χ0) is 34.3. The van der Waals surface area contributed by atoms with Gasteiger partial charge in [-0.3, -0.25) is 24.0 Å². The molecule has 1 atom stereocenters. The molecule has 1 unspecified atom stereocenters. The lowest BCUT2D eigenvalue weighted by Crippen LogP contribution is -2.53. The van der Waals surface area contributed by atoms with Crippen LogP contribution in [0.25, 0.3) is 0 Å². The van der Waals surface area contributed by atoms with Crippen LogP contribution in [0.2, 0.25) is 5.02 Å². The van der Waals surface area contributed by atoms with Gasteiger partial charge in [0.15, 0.2) is 0 Å². The van der Waals surface area contributed by atoms with E-state index >= 15 is 0 Å². The number of nitro groups is 1. The maximum Gasteiger partial charge on any atom is 0.273 e. The van der Waals surface area contributed by atoms with Crippen LogP contribution in [0.4, 0.5) is 11.4 Å². The van der Waals surface area contributed by atoms with Gasteiger partial charge in [-0.05, 0) is 54.4 Å². The zero-order valence-corrected chi connectivity index (χ0v) is 28.9. The Morgan fingerprint density at radius 1 is 1.00 bits per heavy atom. The maximum atomic E-state index is 14.5. The summed E-state index contributed by atoms with van der Waals surface area (Å²) < 4.78 is 35.8. The van der Waals surface area contributed by atoms with Crippen molar-refractivity contribution in [2.45, 2.75) is 30.8 Å². The summed E-state index contributed by atoms with van der Waals surface area (Å²) in [6, 6.07) is 23.0. The molecule has 0 fully saturated rings. The van der Waals surface area contributed by atoms with Gasteiger partial charge >= 0.3 is 0 Å². The van der Waals surface area contributed by atoms with Crippen LogP contribution in [-0.2, 0) is 32.6 Å². The van der Waals surface area contributed by atoms with E-state index in [1.54, 1.807) is 24.3 Å². The van der Waals surface area contributed by atoms with E-state index in [1.807, 2.05) is 30.3 Å². The van der Waals surface area contributed by atoms with Gasteiger partial charge in [0.05, 0.1) is 22.6 Å². The van der Waals surface area contributed by atoms with Gasteiger partial charge in [-0.1, -0.05) is 76.1 Å². The van der Waals surface area contributed by atoms with Crippen molar-refractivity contribution in [1.82, 2.24) is 10.2 Å². The number of rotatable bonds is 13. The van der Waals surface area contributed by atoms with Crippen LogP contribution >= 0.6 is 27.5 Å². The van der Waals surface area contributed by atoms with E-state index in [2.05, 4.69) is 21.2 Å².